The summed E-state index contributed by atoms with van der Waals surface area (Å²) >= 11 is 0. The van der Waals surface area contributed by atoms with Gasteiger partial charge in [-0.25, -0.2) is 0 Å². The smallest absolute Gasteiger partial charge is 0.319 e. The number of piperidine rings is 1. The van der Waals surface area contributed by atoms with Gasteiger partial charge in [0.1, 0.15) is 5.92 Å². The fourth-order valence-electron chi connectivity index (χ4n) is 3.01. The van der Waals surface area contributed by atoms with Gasteiger partial charge in [-0.2, -0.15) is 0 Å². The average Bonchev–Trinajstić information content (AvgIpc) is 3.57. The van der Waals surface area contributed by atoms with Gasteiger partial charge >= 0.3 is 11.9 Å². The lowest BCUT2D eigenvalue weighted by Gasteiger charge is -2.34. The molecular formula is C21H30N4O4. The number of carbonyl (C=O) groups is 2. The number of rotatable bonds is 8. The molecule has 0 amide bonds. The Balaban J connectivity index is 0.000000321. The molecule has 2 atom stereocenters. The third-order valence-corrected chi connectivity index (χ3v) is 4.87. The number of aromatic nitrogens is 1. The molecule has 2 heterocycles. The molecule has 3 rings (SSSR count). The van der Waals surface area contributed by atoms with E-state index in [4.69, 9.17) is 22.0 Å². The highest BCUT2D eigenvalue weighted by molar-refractivity contribution is 5.73. The first-order valence-corrected chi connectivity index (χ1v) is 9.96. The van der Waals surface area contributed by atoms with Crippen LogP contribution in [0.3, 0.4) is 0 Å². The molecular weight excluding hydrogens is 372 g/mol. The largest absolute Gasteiger partial charge is 0.480 e. The standard InChI is InChI=1S/C16H23N3O2.C5H7NO2/c20-16(10-18-14-3-4-14)21-12-13-2-1-9-19(11-13)15-5-7-17-8-6-15;1-2-4(3-6)5(7)8/h5-8,13-14,18H,1-4,9-12H2;1,4H,3,6H2,(H,7,8)/t13-;/m0./s1. The quantitative estimate of drug-likeness (QED) is 0.433. The summed E-state index contributed by atoms with van der Waals surface area (Å²) in [5, 5.41) is 11.3. The van der Waals surface area contributed by atoms with E-state index in [1.54, 1.807) is 0 Å². The second-order valence-corrected chi connectivity index (χ2v) is 7.29. The summed E-state index contributed by atoms with van der Waals surface area (Å²) in [7, 11) is 0. The van der Waals surface area contributed by atoms with Gasteiger partial charge in [-0.05, 0) is 37.8 Å². The molecule has 8 nitrogen and oxygen atoms in total. The molecule has 1 saturated carbocycles. The van der Waals surface area contributed by atoms with Gasteiger partial charge in [0.05, 0.1) is 13.2 Å². The van der Waals surface area contributed by atoms with Gasteiger partial charge in [0.2, 0.25) is 0 Å². The van der Waals surface area contributed by atoms with Gasteiger partial charge in [-0.1, -0.05) is 5.92 Å². The van der Waals surface area contributed by atoms with Crippen LogP contribution in [0.4, 0.5) is 5.69 Å². The van der Waals surface area contributed by atoms with Gasteiger partial charge < -0.3 is 25.8 Å². The van der Waals surface area contributed by atoms with Crippen LogP contribution in [0.2, 0.25) is 0 Å². The van der Waals surface area contributed by atoms with E-state index in [1.807, 2.05) is 30.4 Å². The molecule has 1 aliphatic heterocycles. The summed E-state index contributed by atoms with van der Waals surface area (Å²) in [5.41, 5.74) is 6.17. The van der Waals surface area contributed by atoms with Crippen LogP contribution in [-0.4, -0.2) is 60.9 Å². The summed E-state index contributed by atoms with van der Waals surface area (Å²) in [5.74, 6) is 0.475. The number of nitrogens with zero attached hydrogens (tertiary/aromatic N) is 2. The molecule has 2 fully saturated rings. The molecule has 1 aromatic rings. The minimum absolute atomic E-state index is 0.00579. The van der Waals surface area contributed by atoms with E-state index < -0.39 is 11.9 Å². The Morgan fingerprint density at radius 2 is 2.10 bits per heavy atom. The Hall–Kier alpha value is -2.63. The third-order valence-electron chi connectivity index (χ3n) is 4.87. The zero-order chi connectivity index (χ0) is 21.1. The zero-order valence-corrected chi connectivity index (χ0v) is 16.6. The first-order chi connectivity index (χ1) is 14.0. The number of aliphatic carboxylic acids is 1. The number of carboxylic acids is 1. The van der Waals surface area contributed by atoms with Crippen LogP contribution in [0.1, 0.15) is 25.7 Å². The van der Waals surface area contributed by atoms with Crippen molar-refractivity contribution in [2.24, 2.45) is 17.6 Å². The Morgan fingerprint density at radius 1 is 1.38 bits per heavy atom. The minimum atomic E-state index is -1.03. The van der Waals surface area contributed by atoms with Crippen molar-refractivity contribution in [1.82, 2.24) is 10.3 Å². The number of carboxylic acid groups (broad SMARTS) is 1. The number of hydrogen-bond donors (Lipinski definition) is 3. The van der Waals surface area contributed by atoms with Gasteiger partial charge in [0.15, 0.2) is 0 Å². The fraction of sp³-hybridized carbons (Fsp3) is 0.571. The van der Waals surface area contributed by atoms with Crippen LogP contribution < -0.4 is 16.0 Å². The fourth-order valence-corrected chi connectivity index (χ4v) is 3.01. The number of pyridine rings is 1. The average molecular weight is 402 g/mol. The van der Waals surface area contributed by atoms with Crippen molar-refractivity contribution in [1.29, 1.82) is 0 Å². The Morgan fingerprint density at radius 3 is 2.66 bits per heavy atom. The lowest BCUT2D eigenvalue weighted by atomic mass is 9.98. The maximum absolute atomic E-state index is 11.7. The number of terminal acetylenes is 1. The Bertz CT molecular complexity index is 688. The van der Waals surface area contributed by atoms with Crippen molar-refractivity contribution in [3.05, 3.63) is 24.5 Å². The molecule has 158 valence electrons. The molecule has 1 saturated heterocycles. The normalized spacial score (nSPS) is 19.3. The molecule has 1 aromatic heterocycles. The Labute approximate surface area is 171 Å². The number of anilines is 1. The summed E-state index contributed by atoms with van der Waals surface area (Å²) < 4.78 is 5.40. The molecule has 4 N–H and O–H groups in total. The van der Waals surface area contributed by atoms with E-state index in [-0.39, 0.29) is 12.5 Å². The molecule has 0 bridgehead atoms. The highest BCUT2D eigenvalue weighted by Crippen LogP contribution is 2.22. The summed E-state index contributed by atoms with van der Waals surface area (Å²) in [4.78, 5) is 28.0. The number of esters is 1. The van der Waals surface area contributed by atoms with Crippen LogP contribution in [0.5, 0.6) is 0 Å². The van der Waals surface area contributed by atoms with Gasteiger partial charge in [-0.3, -0.25) is 14.6 Å². The second kappa shape index (κ2) is 12.0. The zero-order valence-electron chi connectivity index (χ0n) is 16.6. The minimum Gasteiger partial charge on any atom is -0.480 e. The SMILES string of the molecule is C#CC(CN)C(=O)O.O=C(CNC1CC1)OC[C@H]1CCCN(c2ccncc2)C1. The lowest BCUT2D eigenvalue weighted by Crippen LogP contribution is -2.38. The molecule has 29 heavy (non-hydrogen) atoms. The van der Waals surface area contributed by atoms with Crippen LogP contribution in [0.15, 0.2) is 24.5 Å². The van der Waals surface area contributed by atoms with Crippen molar-refractivity contribution >= 4 is 17.6 Å². The molecule has 2 aliphatic rings. The number of ether oxygens (including phenoxy) is 1. The van der Waals surface area contributed by atoms with Crippen molar-refractivity contribution < 1.29 is 19.4 Å². The van der Waals surface area contributed by atoms with Crippen molar-refractivity contribution in [2.45, 2.75) is 31.7 Å². The topological polar surface area (TPSA) is 118 Å². The molecule has 1 unspecified atom stereocenters. The molecule has 0 spiro atoms. The van der Waals surface area contributed by atoms with Crippen LogP contribution in [0, 0.1) is 24.2 Å². The first kappa shape index (κ1) is 22.7. The predicted molar refractivity (Wildman–Crippen MR) is 110 cm³/mol. The van der Waals surface area contributed by atoms with Gasteiger partial charge in [-0.15, -0.1) is 6.42 Å². The van der Waals surface area contributed by atoms with Crippen LogP contribution >= 0.6 is 0 Å². The van der Waals surface area contributed by atoms with E-state index in [0.717, 1.165) is 25.9 Å². The highest BCUT2D eigenvalue weighted by Gasteiger charge is 2.23. The molecule has 1 aliphatic carbocycles. The predicted octanol–water partition coefficient (Wildman–Crippen LogP) is 0.872. The number of carbonyl (C=O) groups excluding carboxylic acids is 1. The highest BCUT2D eigenvalue weighted by atomic mass is 16.5. The summed E-state index contributed by atoms with van der Waals surface area (Å²) in [6.45, 7) is 2.91. The second-order valence-electron chi connectivity index (χ2n) is 7.29. The van der Waals surface area contributed by atoms with E-state index in [0.29, 0.717) is 25.1 Å². The van der Waals surface area contributed by atoms with Crippen molar-refractivity contribution in [3.63, 3.8) is 0 Å². The monoisotopic (exact) mass is 402 g/mol. The maximum Gasteiger partial charge on any atom is 0.319 e. The third kappa shape index (κ3) is 8.50. The molecule has 0 radical (unpaired) electrons. The van der Waals surface area contributed by atoms with Gasteiger partial charge in [0.25, 0.3) is 0 Å². The van der Waals surface area contributed by atoms with E-state index >= 15 is 0 Å². The summed E-state index contributed by atoms with van der Waals surface area (Å²) in [6.07, 6.45) is 13.1. The first-order valence-electron chi connectivity index (χ1n) is 9.96. The van der Waals surface area contributed by atoms with E-state index in [2.05, 4.69) is 15.2 Å². The van der Waals surface area contributed by atoms with Crippen LogP contribution in [-0.2, 0) is 14.3 Å². The summed E-state index contributed by atoms with van der Waals surface area (Å²) in [6, 6.07) is 4.62. The maximum atomic E-state index is 11.7. The molecule has 0 aromatic carbocycles. The lowest BCUT2D eigenvalue weighted by molar-refractivity contribution is -0.144. The number of nitrogens with two attached hydrogens (primary N) is 1. The van der Waals surface area contributed by atoms with Crippen molar-refractivity contribution in [3.8, 4) is 12.3 Å². The van der Waals surface area contributed by atoms with Gasteiger partial charge in [0, 0.05) is 49.7 Å². The Kier molecular flexibility index (Phi) is 9.41. The van der Waals surface area contributed by atoms with E-state index in [1.165, 1.54) is 18.5 Å². The number of hydrogen-bond acceptors (Lipinski definition) is 7. The van der Waals surface area contributed by atoms with E-state index in [9.17, 15) is 9.59 Å². The van der Waals surface area contributed by atoms with Crippen molar-refractivity contribution in [2.75, 3.05) is 37.7 Å². The van der Waals surface area contributed by atoms with Crippen LogP contribution in [0.25, 0.3) is 0 Å². The molecule has 8 heteroatoms. The number of nitrogens with one attached hydrogen (secondary N) is 1.